The van der Waals surface area contributed by atoms with E-state index in [1.54, 1.807) is 18.4 Å². The maximum absolute atomic E-state index is 12.6. The van der Waals surface area contributed by atoms with Gasteiger partial charge in [0, 0.05) is 24.5 Å². The van der Waals surface area contributed by atoms with E-state index >= 15 is 0 Å². The molecule has 1 fully saturated rings. The van der Waals surface area contributed by atoms with Gasteiger partial charge in [-0.2, -0.15) is 0 Å². The van der Waals surface area contributed by atoms with Gasteiger partial charge in [0.1, 0.15) is 5.76 Å². The Morgan fingerprint density at radius 3 is 2.82 bits per heavy atom. The van der Waals surface area contributed by atoms with Gasteiger partial charge in [-0.25, -0.2) is 4.98 Å². The van der Waals surface area contributed by atoms with Gasteiger partial charge in [0.15, 0.2) is 5.13 Å². The van der Waals surface area contributed by atoms with E-state index in [-0.39, 0.29) is 49.1 Å². The van der Waals surface area contributed by atoms with Crippen molar-refractivity contribution in [2.45, 2.75) is 39.2 Å². The van der Waals surface area contributed by atoms with Crippen molar-refractivity contribution in [3.05, 3.63) is 34.7 Å². The van der Waals surface area contributed by atoms with Crippen LogP contribution in [0.4, 0.5) is 5.13 Å². The molecular weight excluding hydrogens is 423 g/mol. The quantitative estimate of drug-likeness (QED) is 0.730. The highest BCUT2D eigenvalue weighted by Gasteiger charge is 2.29. The van der Waals surface area contributed by atoms with Crippen molar-refractivity contribution in [3.63, 3.8) is 0 Å². The van der Waals surface area contributed by atoms with E-state index in [2.05, 4.69) is 17.2 Å². The van der Waals surface area contributed by atoms with Crippen molar-refractivity contribution in [2.75, 3.05) is 18.4 Å². The van der Waals surface area contributed by atoms with E-state index < -0.39 is 0 Å². The van der Waals surface area contributed by atoms with E-state index in [0.29, 0.717) is 34.6 Å². The summed E-state index contributed by atoms with van der Waals surface area (Å²) in [6.45, 7) is 5.16. The summed E-state index contributed by atoms with van der Waals surface area (Å²) in [5, 5.41) is 5.03. The topological polar surface area (TPSA) is 101 Å². The number of likely N-dealkylation sites (tertiary alicyclic amines) is 1. The molecule has 3 heterocycles. The van der Waals surface area contributed by atoms with Crippen LogP contribution in [-0.4, -0.2) is 40.8 Å². The number of thiazole rings is 1. The van der Waals surface area contributed by atoms with Crippen LogP contribution in [0, 0.1) is 12.8 Å². The summed E-state index contributed by atoms with van der Waals surface area (Å²) in [5.41, 5.74) is 6.98. The standard InChI is InChI=1S/C18H24N4O3S.2ClH/c1-11-3-5-22(14(7-11)9-19)16(23)8-13-10-26-18(20-13)21-17(24)15-4-6-25-12(15)2;;/h4,6,10-11,14H,3,5,7-9,19H2,1-2H3,(H,20,21,24);2*1H. The zero-order chi connectivity index (χ0) is 18.7. The monoisotopic (exact) mass is 448 g/mol. The first-order valence-electron chi connectivity index (χ1n) is 8.77. The van der Waals surface area contributed by atoms with Crippen molar-refractivity contribution < 1.29 is 14.0 Å². The van der Waals surface area contributed by atoms with Gasteiger partial charge in [0.2, 0.25) is 5.91 Å². The van der Waals surface area contributed by atoms with E-state index in [4.69, 9.17) is 10.2 Å². The average molecular weight is 449 g/mol. The molecule has 2 aromatic rings. The third-order valence-corrected chi connectivity index (χ3v) is 5.58. The van der Waals surface area contributed by atoms with Crippen LogP contribution in [0.5, 0.6) is 0 Å². The Balaban J connectivity index is 0.00000196. The molecule has 1 aliphatic rings. The Morgan fingerprint density at radius 1 is 1.43 bits per heavy atom. The molecule has 156 valence electrons. The Morgan fingerprint density at radius 2 is 2.18 bits per heavy atom. The van der Waals surface area contributed by atoms with Gasteiger partial charge in [0.05, 0.1) is 23.9 Å². The van der Waals surface area contributed by atoms with Crippen LogP contribution in [0.3, 0.4) is 0 Å². The summed E-state index contributed by atoms with van der Waals surface area (Å²) in [6, 6.07) is 1.72. The normalized spacial score (nSPS) is 18.8. The summed E-state index contributed by atoms with van der Waals surface area (Å²) in [5.74, 6) is 0.930. The minimum Gasteiger partial charge on any atom is -0.469 e. The number of nitrogens with one attached hydrogen (secondary N) is 1. The third-order valence-electron chi connectivity index (χ3n) is 4.78. The molecule has 0 aromatic carbocycles. The van der Waals surface area contributed by atoms with Crippen LogP contribution < -0.4 is 11.1 Å². The molecule has 1 saturated heterocycles. The highest BCUT2D eigenvalue weighted by Crippen LogP contribution is 2.24. The van der Waals surface area contributed by atoms with Gasteiger partial charge in [0.25, 0.3) is 5.91 Å². The molecule has 2 atom stereocenters. The number of hydrogen-bond acceptors (Lipinski definition) is 6. The lowest BCUT2D eigenvalue weighted by atomic mass is 9.92. The van der Waals surface area contributed by atoms with Gasteiger partial charge < -0.3 is 15.1 Å². The minimum atomic E-state index is -0.267. The van der Waals surface area contributed by atoms with Gasteiger partial charge >= 0.3 is 0 Å². The van der Waals surface area contributed by atoms with Crippen molar-refractivity contribution in [1.82, 2.24) is 9.88 Å². The molecule has 0 saturated carbocycles. The molecule has 10 heteroatoms. The lowest BCUT2D eigenvalue weighted by Crippen LogP contribution is -2.49. The van der Waals surface area contributed by atoms with Crippen LogP contribution in [0.1, 0.15) is 41.6 Å². The first-order valence-corrected chi connectivity index (χ1v) is 9.65. The second kappa shape index (κ2) is 10.8. The number of anilines is 1. The van der Waals surface area contributed by atoms with Crippen molar-refractivity contribution >= 4 is 53.1 Å². The Bertz CT molecular complexity index is 795. The van der Waals surface area contributed by atoms with Gasteiger partial charge in [-0.1, -0.05) is 6.92 Å². The largest absolute Gasteiger partial charge is 0.469 e. The van der Waals surface area contributed by atoms with Gasteiger partial charge in [-0.3, -0.25) is 14.9 Å². The number of amides is 2. The third kappa shape index (κ3) is 5.70. The maximum Gasteiger partial charge on any atom is 0.260 e. The number of carbonyl (C=O) groups is 2. The number of rotatable bonds is 5. The van der Waals surface area contributed by atoms with Crippen molar-refractivity contribution in [1.29, 1.82) is 0 Å². The van der Waals surface area contributed by atoms with Crippen LogP contribution in [0.15, 0.2) is 22.1 Å². The van der Waals surface area contributed by atoms with Crippen molar-refractivity contribution in [2.24, 2.45) is 11.7 Å². The summed E-state index contributed by atoms with van der Waals surface area (Å²) >= 11 is 1.31. The molecule has 2 amide bonds. The van der Waals surface area contributed by atoms with E-state index in [1.165, 1.54) is 17.6 Å². The second-order valence-electron chi connectivity index (χ2n) is 6.77. The van der Waals surface area contributed by atoms with Crippen LogP contribution in [0.2, 0.25) is 0 Å². The maximum atomic E-state index is 12.6. The van der Waals surface area contributed by atoms with Crippen molar-refractivity contribution in [3.8, 4) is 0 Å². The molecule has 0 spiro atoms. The summed E-state index contributed by atoms with van der Waals surface area (Å²) in [6.07, 6.45) is 3.65. The van der Waals surface area contributed by atoms with Gasteiger partial charge in [-0.05, 0) is 31.7 Å². The zero-order valence-electron chi connectivity index (χ0n) is 15.8. The first kappa shape index (κ1) is 24.4. The summed E-state index contributed by atoms with van der Waals surface area (Å²) in [4.78, 5) is 31.1. The number of halogens is 2. The second-order valence-corrected chi connectivity index (χ2v) is 7.63. The van der Waals surface area contributed by atoms with E-state index in [1.807, 2.05) is 4.90 Å². The molecule has 0 radical (unpaired) electrons. The first-order chi connectivity index (χ1) is 12.5. The Kier molecular flexibility index (Phi) is 9.43. The minimum absolute atomic E-state index is 0. The molecule has 28 heavy (non-hydrogen) atoms. The number of aryl methyl sites for hydroxylation is 1. The molecule has 0 aliphatic carbocycles. The molecular formula is C18H26Cl2N4O3S. The molecule has 3 rings (SSSR count). The number of furan rings is 1. The molecule has 2 unspecified atom stereocenters. The Labute approximate surface area is 180 Å². The summed E-state index contributed by atoms with van der Waals surface area (Å²) in [7, 11) is 0. The fourth-order valence-electron chi connectivity index (χ4n) is 3.29. The van der Waals surface area contributed by atoms with Crippen LogP contribution in [-0.2, 0) is 11.2 Å². The summed E-state index contributed by atoms with van der Waals surface area (Å²) < 4.78 is 5.14. The number of piperidine rings is 1. The highest BCUT2D eigenvalue weighted by molar-refractivity contribution is 7.14. The SMILES string of the molecule is Cc1occc1C(=O)Nc1nc(CC(=O)N2CCC(C)CC2CN)cs1.Cl.Cl. The lowest BCUT2D eigenvalue weighted by Gasteiger charge is -2.38. The Hall–Kier alpha value is -1.61. The fraction of sp³-hybridized carbons (Fsp3) is 0.500. The molecule has 0 bridgehead atoms. The molecule has 2 aromatic heterocycles. The molecule has 7 nitrogen and oxygen atoms in total. The van der Waals surface area contributed by atoms with E-state index in [9.17, 15) is 9.59 Å². The number of hydrogen-bond donors (Lipinski definition) is 2. The number of nitrogens with two attached hydrogens (primary N) is 1. The molecule has 3 N–H and O–H groups in total. The highest BCUT2D eigenvalue weighted by atomic mass is 35.5. The number of nitrogens with zero attached hydrogens (tertiary/aromatic N) is 2. The van der Waals surface area contributed by atoms with Crippen LogP contribution in [0.25, 0.3) is 0 Å². The predicted molar refractivity (Wildman–Crippen MR) is 115 cm³/mol. The average Bonchev–Trinajstić information content (AvgIpc) is 3.23. The molecule has 1 aliphatic heterocycles. The van der Waals surface area contributed by atoms with Gasteiger partial charge in [-0.15, -0.1) is 36.2 Å². The fourth-order valence-corrected chi connectivity index (χ4v) is 4.00. The smallest absolute Gasteiger partial charge is 0.260 e. The predicted octanol–water partition coefficient (Wildman–Crippen LogP) is 3.27. The van der Waals surface area contributed by atoms with E-state index in [0.717, 1.165) is 19.4 Å². The number of aromatic nitrogens is 1. The lowest BCUT2D eigenvalue weighted by molar-refractivity contribution is -0.134. The van der Waals surface area contributed by atoms with Crippen LogP contribution >= 0.6 is 36.2 Å². The zero-order valence-corrected chi connectivity index (χ0v) is 18.3. The number of carbonyl (C=O) groups excluding carboxylic acids is 2.